The second kappa shape index (κ2) is 5.96. The Balaban J connectivity index is 1.97. The first-order valence-electron chi connectivity index (χ1n) is 7.65. The Kier molecular flexibility index (Phi) is 4.02. The van der Waals surface area contributed by atoms with Crippen LogP contribution in [0.5, 0.6) is 0 Å². The van der Waals surface area contributed by atoms with Crippen LogP contribution in [-0.2, 0) is 0 Å². The summed E-state index contributed by atoms with van der Waals surface area (Å²) in [7, 11) is 6.00. The molecule has 0 aliphatic carbocycles. The van der Waals surface area contributed by atoms with E-state index in [0.717, 1.165) is 42.5 Å². The molecule has 1 aliphatic heterocycles. The fourth-order valence-electron chi connectivity index (χ4n) is 2.97. The van der Waals surface area contributed by atoms with Gasteiger partial charge >= 0.3 is 0 Å². The first-order chi connectivity index (χ1) is 10.5. The zero-order valence-electron chi connectivity index (χ0n) is 13.4. The topological polar surface area (TPSA) is 56.9 Å². The number of aromatic nitrogens is 2. The van der Waals surface area contributed by atoms with Crippen LogP contribution in [0.3, 0.4) is 0 Å². The molecule has 3 heterocycles. The van der Waals surface area contributed by atoms with Crippen molar-refractivity contribution in [1.29, 1.82) is 0 Å². The third kappa shape index (κ3) is 2.92. The van der Waals surface area contributed by atoms with E-state index in [1.54, 1.807) is 6.34 Å². The molecule has 6 heteroatoms. The summed E-state index contributed by atoms with van der Waals surface area (Å²) >= 11 is 0. The first kappa shape index (κ1) is 14.8. The summed E-state index contributed by atoms with van der Waals surface area (Å²) in [5, 5.41) is 10.1. The number of likely N-dealkylation sites (tertiary alicyclic amines) is 1. The standard InChI is InChI=1S/C16H23N5O/c1-19(2)11-17-15-5-4-14-16(18-15)13(10-21(14)22)12-6-8-20(3)9-7-12/h4-5,10-12,22H,6-9H2,1-3H3. The molecule has 0 bridgehead atoms. The lowest BCUT2D eigenvalue weighted by atomic mass is 9.91. The molecule has 0 unspecified atom stereocenters. The van der Waals surface area contributed by atoms with Crippen LogP contribution < -0.4 is 0 Å². The van der Waals surface area contributed by atoms with Crippen molar-refractivity contribution < 1.29 is 5.21 Å². The van der Waals surface area contributed by atoms with Crippen molar-refractivity contribution in [3.05, 3.63) is 23.9 Å². The molecule has 2 aromatic heterocycles. The molecular weight excluding hydrogens is 278 g/mol. The summed E-state index contributed by atoms with van der Waals surface area (Å²) in [6, 6.07) is 3.70. The molecule has 0 atom stereocenters. The van der Waals surface area contributed by atoms with Gasteiger partial charge in [0, 0.05) is 25.9 Å². The lowest BCUT2D eigenvalue weighted by molar-refractivity contribution is 0.198. The van der Waals surface area contributed by atoms with Crippen LogP contribution in [-0.4, -0.2) is 65.3 Å². The second-order valence-electron chi connectivity index (χ2n) is 6.25. The van der Waals surface area contributed by atoms with Crippen LogP contribution >= 0.6 is 0 Å². The predicted octanol–water partition coefficient (Wildman–Crippen LogP) is 2.30. The van der Waals surface area contributed by atoms with Crippen molar-refractivity contribution in [2.75, 3.05) is 34.2 Å². The van der Waals surface area contributed by atoms with Gasteiger partial charge in [-0.1, -0.05) is 0 Å². The molecular formula is C16H23N5O. The SMILES string of the molecule is CN(C)C=Nc1ccc2c(n1)c(C1CCN(C)CC1)cn2O. The molecule has 118 valence electrons. The van der Waals surface area contributed by atoms with Gasteiger partial charge in [-0.05, 0) is 51.0 Å². The Bertz CT molecular complexity index is 683. The van der Waals surface area contributed by atoms with Gasteiger partial charge in [0.1, 0.15) is 5.52 Å². The Morgan fingerprint density at radius 2 is 2.05 bits per heavy atom. The Labute approximate surface area is 130 Å². The van der Waals surface area contributed by atoms with Gasteiger partial charge in [-0.2, -0.15) is 4.73 Å². The summed E-state index contributed by atoms with van der Waals surface area (Å²) in [6.45, 7) is 2.17. The molecule has 3 rings (SSSR count). The maximum atomic E-state index is 10.1. The van der Waals surface area contributed by atoms with Gasteiger partial charge in [0.25, 0.3) is 0 Å². The van der Waals surface area contributed by atoms with E-state index < -0.39 is 0 Å². The molecule has 0 radical (unpaired) electrons. The van der Waals surface area contributed by atoms with Crippen LogP contribution in [0.4, 0.5) is 5.82 Å². The highest BCUT2D eigenvalue weighted by atomic mass is 16.5. The molecule has 1 N–H and O–H groups in total. The van der Waals surface area contributed by atoms with Gasteiger partial charge in [-0.3, -0.25) is 0 Å². The second-order valence-corrected chi connectivity index (χ2v) is 6.25. The number of hydrogen-bond donors (Lipinski definition) is 1. The van der Waals surface area contributed by atoms with Gasteiger partial charge in [0.05, 0.1) is 11.9 Å². The largest absolute Gasteiger partial charge is 0.428 e. The van der Waals surface area contributed by atoms with Crippen LogP contribution in [0, 0.1) is 0 Å². The first-order valence-corrected chi connectivity index (χ1v) is 7.65. The van der Waals surface area contributed by atoms with Crippen LogP contribution in [0.1, 0.15) is 24.3 Å². The highest BCUT2D eigenvalue weighted by Gasteiger charge is 2.23. The van der Waals surface area contributed by atoms with Crippen LogP contribution in [0.2, 0.25) is 0 Å². The predicted molar refractivity (Wildman–Crippen MR) is 88.2 cm³/mol. The van der Waals surface area contributed by atoms with E-state index in [1.165, 1.54) is 4.73 Å². The number of piperidine rings is 1. The summed E-state index contributed by atoms with van der Waals surface area (Å²) in [5.41, 5.74) is 2.75. The molecule has 1 aliphatic rings. The van der Waals surface area contributed by atoms with Crippen molar-refractivity contribution in [2.24, 2.45) is 4.99 Å². The fraction of sp³-hybridized carbons (Fsp3) is 0.500. The summed E-state index contributed by atoms with van der Waals surface area (Å²) < 4.78 is 1.19. The third-order valence-electron chi connectivity index (χ3n) is 4.22. The molecule has 1 fully saturated rings. The molecule has 0 saturated carbocycles. The molecule has 2 aromatic rings. The van der Waals surface area contributed by atoms with Gasteiger partial charge < -0.3 is 15.0 Å². The molecule has 22 heavy (non-hydrogen) atoms. The lowest BCUT2D eigenvalue weighted by Gasteiger charge is -2.28. The van der Waals surface area contributed by atoms with Gasteiger partial charge in [0.2, 0.25) is 0 Å². The number of rotatable bonds is 3. The molecule has 0 spiro atoms. The number of nitrogens with zero attached hydrogens (tertiary/aromatic N) is 5. The van der Waals surface area contributed by atoms with Crippen molar-refractivity contribution in [1.82, 2.24) is 19.5 Å². The third-order valence-corrected chi connectivity index (χ3v) is 4.22. The van der Waals surface area contributed by atoms with Crippen molar-refractivity contribution in [3.8, 4) is 0 Å². The molecule has 6 nitrogen and oxygen atoms in total. The smallest absolute Gasteiger partial charge is 0.154 e. The molecule has 0 aromatic carbocycles. The number of fused-ring (bicyclic) bond motifs is 1. The Morgan fingerprint density at radius 3 is 2.73 bits per heavy atom. The van der Waals surface area contributed by atoms with E-state index >= 15 is 0 Å². The molecule has 0 amide bonds. The van der Waals surface area contributed by atoms with E-state index in [0.29, 0.717) is 11.7 Å². The highest BCUT2D eigenvalue weighted by Crippen LogP contribution is 2.33. The van der Waals surface area contributed by atoms with Gasteiger partial charge in [-0.15, -0.1) is 0 Å². The average molecular weight is 301 g/mol. The number of pyridine rings is 1. The Hall–Kier alpha value is -2.08. The number of aliphatic imine (C=N–C) groups is 1. The minimum absolute atomic E-state index is 0.452. The fourth-order valence-corrected chi connectivity index (χ4v) is 2.97. The zero-order valence-corrected chi connectivity index (χ0v) is 13.4. The van der Waals surface area contributed by atoms with E-state index in [1.807, 2.05) is 37.3 Å². The van der Waals surface area contributed by atoms with Crippen molar-refractivity contribution >= 4 is 23.2 Å². The minimum atomic E-state index is 0.452. The average Bonchev–Trinajstić information content (AvgIpc) is 2.83. The Morgan fingerprint density at radius 1 is 1.32 bits per heavy atom. The lowest BCUT2D eigenvalue weighted by Crippen LogP contribution is -2.29. The monoisotopic (exact) mass is 301 g/mol. The van der Waals surface area contributed by atoms with E-state index in [-0.39, 0.29) is 0 Å². The zero-order chi connectivity index (χ0) is 15.7. The van der Waals surface area contributed by atoms with E-state index in [9.17, 15) is 5.21 Å². The van der Waals surface area contributed by atoms with Gasteiger partial charge in [-0.25, -0.2) is 9.98 Å². The number of hydrogen-bond acceptors (Lipinski definition) is 4. The van der Waals surface area contributed by atoms with E-state index in [4.69, 9.17) is 0 Å². The normalized spacial score (nSPS) is 17.6. The minimum Gasteiger partial charge on any atom is -0.428 e. The summed E-state index contributed by atoms with van der Waals surface area (Å²) in [5.74, 6) is 1.12. The molecule has 1 saturated heterocycles. The summed E-state index contributed by atoms with van der Waals surface area (Å²) in [6.07, 6.45) is 5.75. The quantitative estimate of drug-likeness (QED) is 0.537. The van der Waals surface area contributed by atoms with Crippen LogP contribution in [0.15, 0.2) is 23.3 Å². The maximum absolute atomic E-state index is 10.1. The maximum Gasteiger partial charge on any atom is 0.154 e. The highest BCUT2D eigenvalue weighted by molar-refractivity contribution is 5.82. The van der Waals surface area contributed by atoms with Crippen molar-refractivity contribution in [3.63, 3.8) is 0 Å². The van der Waals surface area contributed by atoms with Crippen molar-refractivity contribution in [2.45, 2.75) is 18.8 Å². The van der Waals surface area contributed by atoms with E-state index in [2.05, 4.69) is 21.9 Å². The van der Waals surface area contributed by atoms with Crippen LogP contribution in [0.25, 0.3) is 11.0 Å². The summed E-state index contributed by atoms with van der Waals surface area (Å²) in [4.78, 5) is 13.2. The van der Waals surface area contributed by atoms with Gasteiger partial charge in [0.15, 0.2) is 5.82 Å².